The van der Waals surface area contributed by atoms with Gasteiger partial charge in [0.15, 0.2) is 0 Å². The van der Waals surface area contributed by atoms with E-state index in [1.54, 1.807) is 0 Å². The zero-order valence-electron chi connectivity index (χ0n) is 40.2. The Morgan fingerprint density at radius 1 is 0.278 bits per heavy atom. The minimum Gasteiger partial charge on any atom is -0.310 e. The number of benzene rings is 10. The summed E-state index contributed by atoms with van der Waals surface area (Å²) in [6.07, 6.45) is 0. The third-order valence-corrected chi connectivity index (χ3v) is 15.1. The van der Waals surface area contributed by atoms with Crippen LogP contribution in [0.5, 0.6) is 0 Å². The third kappa shape index (κ3) is 6.53. The normalized spacial score (nSPS) is 13.9. The van der Waals surface area contributed by atoms with Crippen molar-refractivity contribution in [2.45, 2.75) is 24.7 Å². The van der Waals surface area contributed by atoms with Crippen LogP contribution in [-0.2, 0) is 10.8 Å². The van der Waals surface area contributed by atoms with Crippen LogP contribution < -0.4 is 9.80 Å². The highest BCUT2D eigenvalue weighted by atomic mass is 15.2. The fourth-order valence-electron chi connectivity index (χ4n) is 12.1. The Bertz CT molecular complexity index is 3330. The minimum atomic E-state index is -0.518. The van der Waals surface area contributed by atoms with Gasteiger partial charge in [-0.05, 0) is 107 Å². The first kappa shape index (κ1) is 42.9. The molecule has 4 nitrogen and oxygen atoms in total. The van der Waals surface area contributed by atoms with Crippen LogP contribution >= 0.6 is 0 Å². The van der Waals surface area contributed by atoms with Gasteiger partial charge in [-0.1, -0.05) is 218 Å². The SMILES string of the molecule is Cc1nc(-c2ccc(N3c4ccccc4C(c4ccccc4)(c4ccccc4)c4ccccc43)cc2)c(C)c(-c2ccc(N3c4ccccc4C(c4ccccc4)(c4ccccc4)c4ccccc43)cc2)n1. The molecule has 2 aliphatic rings. The molecule has 0 atom stereocenters. The maximum absolute atomic E-state index is 5.10. The summed E-state index contributed by atoms with van der Waals surface area (Å²) in [6, 6.07) is 97.3. The van der Waals surface area contributed by atoms with Gasteiger partial charge in [0.25, 0.3) is 0 Å². The number of aryl methyl sites for hydroxylation is 1. The maximum Gasteiger partial charge on any atom is 0.126 e. The highest BCUT2D eigenvalue weighted by Crippen LogP contribution is 2.59. The molecule has 3 heterocycles. The molecule has 0 bridgehead atoms. The lowest BCUT2D eigenvalue weighted by Gasteiger charge is -2.46. The summed E-state index contributed by atoms with van der Waals surface area (Å²) in [5, 5.41) is 0. The summed E-state index contributed by atoms with van der Waals surface area (Å²) in [5.74, 6) is 0.729. The molecule has 0 amide bonds. The molecular weight excluding hydrogens is 873 g/mol. The van der Waals surface area contributed by atoms with Crippen molar-refractivity contribution in [1.82, 2.24) is 9.97 Å². The monoisotopic (exact) mass is 922 g/mol. The molecule has 10 aromatic carbocycles. The maximum atomic E-state index is 5.10. The topological polar surface area (TPSA) is 32.3 Å². The van der Waals surface area contributed by atoms with Crippen LogP contribution in [0.4, 0.5) is 34.1 Å². The van der Waals surface area contributed by atoms with E-state index in [0.29, 0.717) is 0 Å². The highest BCUT2D eigenvalue weighted by molar-refractivity contribution is 5.92. The van der Waals surface area contributed by atoms with Gasteiger partial charge in [0.05, 0.1) is 45.0 Å². The first-order valence-corrected chi connectivity index (χ1v) is 24.8. The molecule has 0 radical (unpaired) electrons. The van der Waals surface area contributed by atoms with Gasteiger partial charge in [0.2, 0.25) is 0 Å². The van der Waals surface area contributed by atoms with Crippen molar-refractivity contribution in [3.63, 3.8) is 0 Å². The van der Waals surface area contributed by atoms with Crippen molar-refractivity contribution < 1.29 is 0 Å². The number of para-hydroxylation sites is 4. The number of hydrogen-bond acceptors (Lipinski definition) is 4. The van der Waals surface area contributed by atoms with Crippen LogP contribution in [0.3, 0.4) is 0 Å². The number of rotatable bonds is 8. The van der Waals surface area contributed by atoms with E-state index in [1.807, 2.05) is 6.92 Å². The van der Waals surface area contributed by atoms with Crippen LogP contribution in [0.2, 0.25) is 0 Å². The molecule has 11 aromatic rings. The highest BCUT2D eigenvalue weighted by Gasteiger charge is 2.48. The van der Waals surface area contributed by atoms with Crippen molar-refractivity contribution in [2.24, 2.45) is 0 Å². The van der Waals surface area contributed by atoms with Gasteiger partial charge in [-0.2, -0.15) is 0 Å². The average molecular weight is 923 g/mol. The van der Waals surface area contributed by atoms with Gasteiger partial charge >= 0.3 is 0 Å². The summed E-state index contributed by atoms with van der Waals surface area (Å²) in [7, 11) is 0. The Kier molecular flexibility index (Phi) is 10.4. The van der Waals surface area contributed by atoms with E-state index in [-0.39, 0.29) is 0 Å². The Morgan fingerprint density at radius 2 is 0.528 bits per heavy atom. The first-order valence-electron chi connectivity index (χ1n) is 24.8. The second-order valence-corrected chi connectivity index (χ2v) is 18.9. The second-order valence-electron chi connectivity index (χ2n) is 18.9. The molecule has 342 valence electrons. The van der Waals surface area contributed by atoms with Crippen LogP contribution in [0.1, 0.15) is 55.9 Å². The summed E-state index contributed by atoms with van der Waals surface area (Å²) < 4.78 is 0. The van der Waals surface area contributed by atoms with E-state index in [2.05, 4.69) is 284 Å². The van der Waals surface area contributed by atoms with E-state index < -0.39 is 10.8 Å². The fourth-order valence-corrected chi connectivity index (χ4v) is 12.1. The number of fused-ring (bicyclic) bond motifs is 4. The summed E-state index contributed by atoms with van der Waals surface area (Å²) in [5.41, 5.74) is 20.6. The zero-order valence-corrected chi connectivity index (χ0v) is 40.2. The van der Waals surface area contributed by atoms with Crippen molar-refractivity contribution in [1.29, 1.82) is 0 Å². The molecular formula is C68H50N4. The minimum absolute atomic E-state index is 0.518. The molecule has 2 aliphatic heterocycles. The van der Waals surface area contributed by atoms with Crippen molar-refractivity contribution in [3.05, 3.63) is 323 Å². The summed E-state index contributed by atoms with van der Waals surface area (Å²) in [4.78, 5) is 15.0. The molecule has 0 spiro atoms. The number of hydrogen-bond donors (Lipinski definition) is 0. The largest absolute Gasteiger partial charge is 0.310 e. The molecule has 0 saturated carbocycles. The van der Waals surface area contributed by atoms with Gasteiger partial charge in [0.1, 0.15) is 5.82 Å². The third-order valence-electron chi connectivity index (χ3n) is 15.1. The van der Waals surface area contributed by atoms with Gasteiger partial charge in [0, 0.05) is 28.1 Å². The molecule has 1 aromatic heterocycles. The Labute approximate surface area is 421 Å². The van der Waals surface area contributed by atoms with Crippen LogP contribution in [0.25, 0.3) is 22.5 Å². The Hall–Kier alpha value is -9.12. The lowest BCUT2D eigenvalue weighted by Crippen LogP contribution is -2.37. The molecule has 0 unspecified atom stereocenters. The Balaban J connectivity index is 0.872. The molecule has 72 heavy (non-hydrogen) atoms. The van der Waals surface area contributed by atoms with Crippen molar-refractivity contribution in [2.75, 3.05) is 9.80 Å². The first-order chi connectivity index (χ1) is 35.6. The van der Waals surface area contributed by atoms with E-state index in [4.69, 9.17) is 9.97 Å². The van der Waals surface area contributed by atoms with Gasteiger partial charge < -0.3 is 9.80 Å². The lowest BCUT2D eigenvalue weighted by atomic mass is 9.62. The van der Waals surface area contributed by atoms with Crippen LogP contribution in [0, 0.1) is 13.8 Å². The van der Waals surface area contributed by atoms with E-state index >= 15 is 0 Å². The van der Waals surface area contributed by atoms with E-state index in [9.17, 15) is 0 Å². The van der Waals surface area contributed by atoms with Crippen LogP contribution in [-0.4, -0.2) is 9.97 Å². The quantitative estimate of drug-likeness (QED) is 0.152. The Morgan fingerprint density at radius 3 is 0.806 bits per heavy atom. The van der Waals surface area contributed by atoms with E-state index in [0.717, 1.165) is 68.0 Å². The predicted octanol–water partition coefficient (Wildman–Crippen LogP) is 16.8. The predicted molar refractivity (Wildman–Crippen MR) is 295 cm³/mol. The van der Waals surface area contributed by atoms with Gasteiger partial charge in [-0.25, -0.2) is 9.97 Å². The smallest absolute Gasteiger partial charge is 0.126 e. The standard InChI is InChI=1S/C68H50N4/c1-47-65(49-39-43-55(44-40-49)71-61-35-19-15-31-57(61)67(51-23-7-3-8-24-51,52-25-9-4-10-26-52)58-32-16-20-36-62(58)71)69-48(2)70-66(47)50-41-45-56(46-42-50)72-63-37-21-17-33-59(63)68(53-27-11-5-12-28-53,54-29-13-6-14-30-54)60-34-18-22-38-64(60)72/h3-46H,1-2H3. The molecule has 0 fully saturated rings. The zero-order chi connectivity index (χ0) is 48.2. The molecule has 0 saturated heterocycles. The van der Waals surface area contributed by atoms with Gasteiger partial charge in [-0.15, -0.1) is 0 Å². The summed E-state index contributed by atoms with van der Waals surface area (Å²) >= 11 is 0. The molecule has 4 heteroatoms. The average Bonchev–Trinajstić information content (AvgIpc) is 3.45. The second kappa shape index (κ2) is 17.4. The number of anilines is 6. The fraction of sp³-hybridized carbons (Fsp3) is 0.0588. The van der Waals surface area contributed by atoms with Crippen LogP contribution in [0.15, 0.2) is 267 Å². The molecule has 13 rings (SSSR count). The number of aromatic nitrogens is 2. The van der Waals surface area contributed by atoms with Gasteiger partial charge in [-0.3, -0.25) is 0 Å². The van der Waals surface area contributed by atoms with E-state index in [1.165, 1.54) is 44.5 Å². The van der Waals surface area contributed by atoms with Crippen molar-refractivity contribution in [3.8, 4) is 22.5 Å². The molecule has 0 aliphatic carbocycles. The summed E-state index contributed by atoms with van der Waals surface area (Å²) in [6.45, 7) is 4.15. The van der Waals surface area contributed by atoms with Crippen molar-refractivity contribution >= 4 is 34.1 Å². The molecule has 0 N–H and O–H groups in total. The number of nitrogens with zero attached hydrogens (tertiary/aromatic N) is 4. The lowest BCUT2D eigenvalue weighted by molar-refractivity contribution is 0.731.